The third-order valence-electron chi connectivity index (χ3n) is 3.97. The number of rotatable bonds is 7. The average Bonchev–Trinajstić information content (AvgIpc) is 2.77. The number of nitrogens with zero attached hydrogens (tertiary/aromatic N) is 3. The first-order valence-corrected chi connectivity index (χ1v) is 9.09. The molecule has 29 heavy (non-hydrogen) atoms. The van der Waals surface area contributed by atoms with Gasteiger partial charge in [-0.1, -0.05) is 24.3 Å². The average molecular weight is 387 g/mol. The summed E-state index contributed by atoms with van der Waals surface area (Å²) in [4.78, 5) is 29.0. The lowest BCUT2D eigenvalue weighted by Gasteiger charge is -2.17. The van der Waals surface area contributed by atoms with Gasteiger partial charge in [0, 0.05) is 35.5 Å². The van der Waals surface area contributed by atoms with Gasteiger partial charge >= 0.3 is 0 Å². The summed E-state index contributed by atoms with van der Waals surface area (Å²) < 4.78 is 0. The molecule has 7 nitrogen and oxygen atoms in total. The van der Waals surface area contributed by atoms with Crippen LogP contribution in [0, 0.1) is 0 Å². The molecule has 0 saturated carbocycles. The Morgan fingerprint density at radius 2 is 1.72 bits per heavy atom. The topological polar surface area (TPSA) is 86.7 Å². The van der Waals surface area contributed by atoms with Crippen molar-refractivity contribution in [2.45, 2.75) is 6.92 Å². The van der Waals surface area contributed by atoms with Gasteiger partial charge in [0.2, 0.25) is 0 Å². The van der Waals surface area contributed by atoms with E-state index in [1.807, 2.05) is 30.3 Å². The molecule has 0 bridgehead atoms. The van der Waals surface area contributed by atoms with Crippen molar-refractivity contribution in [3.05, 3.63) is 84.7 Å². The van der Waals surface area contributed by atoms with Gasteiger partial charge in [0.1, 0.15) is 0 Å². The van der Waals surface area contributed by atoms with Gasteiger partial charge in [-0.25, -0.2) is 0 Å². The Morgan fingerprint density at radius 1 is 1.00 bits per heavy atom. The van der Waals surface area contributed by atoms with E-state index in [4.69, 9.17) is 0 Å². The Hall–Kier alpha value is -4.00. The Balaban J connectivity index is 1.65. The highest BCUT2D eigenvalue weighted by atomic mass is 16.2. The van der Waals surface area contributed by atoms with Crippen molar-refractivity contribution in [2.24, 2.45) is 5.10 Å². The smallest absolute Gasteiger partial charge is 0.266 e. The van der Waals surface area contributed by atoms with Gasteiger partial charge in [-0.05, 0) is 49.4 Å². The second kappa shape index (κ2) is 9.80. The molecule has 1 aromatic heterocycles. The molecule has 0 aliphatic carbocycles. The number of hydrazone groups is 1. The number of anilines is 3. The summed E-state index contributed by atoms with van der Waals surface area (Å²) in [6, 6.07) is 19.6. The molecule has 2 N–H and O–H groups in total. The molecular weight excluding hydrogens is 366 g/mol. The summed E-state index contributed by atoms with van der Waals surface area (Å²) in [5.41, 5.74) is 2.50. The summed E-state index contributed by atoms with van der Waals surface area (Å²) in [6.45, 7) is 1.76. The van der Waals surface area contributed by atoms with E-state index in [9.17, 15) is 9.59 Å². The van der Waals surface area contributed by atoms with E-state index in [1.165, 1.54) is 5.01 Å². The molecule has 0 fully saturated rings. The molecule has 7 heteroatoms. The van der Waals surface area contributed by atoms with Crippen LogP contribution in [0.15, 0.2) is 84.2 Å². The molecule has 0 atom stereocenters. The highest BCUT2D eigenvalue weighted by Gasteiger charge is 2.14. The maximum Gasteiger partial charge on any atom is 0.266 e. The lowest BCUT2D eigenvalue weighted by atomic mass is 10.2. The largest absolute Gasteiger partial charge is 0.376 e. The summed E-state index contributed by atoms with van der Waals surface area (Å²) in [7, 11) is 0. The van der Waals surface area contributed by atoms with Gasteiger partial charge in [-0.2, -0.15) is 10.1 Å². The third kappa shape index (κ3) is 5.49. The third-order valence-corrected chi connectivity index (χ3v) is 3.97. The summed E-state index contributed by atoms with van der Waals surface area (Å²) in [6.07, 6.45) is 4.75. The molecule has 1 heterocycles. The number of carbonyl (C=O) groups excluding carboxylic acids is 2. The number of hydrogen-bond donors (Lipinski definition) is 2. The van der Waals surface area contributed by atoms with Crippen molar-refractivity contribution in [3.63, 3.8) is 0 Å². The number of benzene rings is 2. The van der Waals surface area contributed by atoms with E-state index in [1.54, 1.807) is 61.9 Å². The van der Waals surface area contributed by atoms with Gasteiger partial charge in [0.25, 0.3) is 11.8 Å². The molecule has 0 aliphatic rings. The molecule has 3 aromatic rings. The predicted octanol–water partition coefficient (Wildman–Crippen LogP) is 3.78. The van der Waals surface area contributed by atoms with Gasteiger partial charge in [-0.15, -0.1) is 0 Å². The van der Waals surface area contributed by atoms with Crippen molar-refractivity contribution < 1.29 is 9.59 Å². The molecule has 3 rings (SSSR count). The molecular formula is C22H21N5O2. The van der Waals surface area contributed by atoms with E-state index in [0.29, 0.717) is 16.9 Å². The number of aromatic nitrogens is 1. The van der Waals surface area contributed by atoms with E-state index < -0.39 is 0 Å². The molecule has 2 amide bonds. The fourth-order valence-electron chi connectivity index (χ4n) is 2.62. The normalized spacial score (nSPS) is 10.5. The fourth-order valence-corrected chi connectivity index (χ4v) is 2.62. The molecule has 0 spiro atoms. The molecule has 0 aliphatic heterocycles. The summed E-state index contributed by atoms with van der Waals surface area (Å²) >= 11 is 0. The number of pyridine rings is 1. The van der Waals surface area contributed by atoms with Crippen LogP contribution in [-0.4, -0.2) is 29.6 Å². The van der Waals surface area contributed by atoms with Gasteiger partial charge in [0.05, 0.1) is 12.2 Å². The molecule has 146 valence electrons. The number of hydrogen-bond acceptors (Lipinski definition) is 5. The van der Waals surface area contributed by atoms with Crippen molar-refractivity contribution in [2.75, 3.05) is 22.2 Å². The minimum Gasteiger partial charge on any atom is -0.376 e. The van der Waals surface area contributed by atoms with Crippen molar-refractivity contribution in [3.8, 4) is 0 Å². The SMILES string of the molecule is C/C=N/N(C(=O)CNc1cccc(C(=O)Nc2ccccc2)c1)c1ccncc1. The molecule has 0 radical (unpaired) electrons. The van der Waals surface area contributed by atoms with Crippen LogP contribution in [-0.2, 0) is 4.79 Å². The minimum atomic E-state index is -0.242. The fraction of sp³-hybridized carbons (Fsp3) is 0.0909. The lowest BCUT2D eigenvalue weighted by Crippen LogP contribution is -2.31. The van der Waals surface area contributed by atoms with E-state index in [-0.39, 0.29) is 18.4 Å². The minimum absolute atomic E-state index is 0.0173. The van der Waals surface area contributed by atoms with Crippen LogP contribution in [0.1, 0.15) is 17.3 Å². The lowest BCUT2D eigenvalue weighted by molar-refractivity contribution is -0.117. The maximum absolute atomic E-state index is 12.6. The zero-order chi connectivity index (χ0) is 20.5. The highest BCUT2D eigenvalue weighted by molar-refractivity contribution is 6.05. The second-order valence-corrected chi connectivity index (χ2v) is 6.04. The van der Waals surface area contributed by atoms with E-state index in [2.05, 4.69) is 20.7 Å². The number of para-hydroxylation sites is 1. The highest BCUT2D eigenvalue weighted by Crippen LogP contribution is 2.15. The number of amides is 2. The summed E-state index contributed by atoms with van der Waals surface area (Å²) in [5, 5.41) is 11.3. The Morgan fingerprint density at radius 3 is 2.45 bits per heavy atom. The van der Waals surface area contributed by atoms with E-state index in [0.717, 1.165) is 5.69 Å². The standard InChI is InChI=1S/C22H21N5O2/c1-2-25-27(20-11-13-23-14-12-20)21(28)16-24-19-10-6-7-17(15-19)22(29)26-18-8-4-3-5-9-18/h2-15,24H,16H2,1H3,(H,26,29)/b25-2+. The number of carbonyl (C=O) groups is 2. The Bertz CT molecular complexity index is 990. The first kappa shape index (κ1) is 19.8. The van der Waals surface area contributed by atoms with Gasteiger partial charge in [0.15, 0.2) is 0 Å². The van der Waals surface area contributed by atoms with Crippen molar-refractivity contribution >= 4 is 35.1 Å². The van der Waals surface area contributed by atoms with Crippen LogP contribution in [0.3, 0.4) is 0 Å². The zero-order valence-electron chi connectivity index (χ0n) is 15.9. The first-order chi connectivity index (χ1) is 14.2. The van der Waals surface area contributed by atoms with Crippen LogP contribution < -0.4 is 15.6 Å². The van der Waals surface area contributed by atoms with Crippen molar-refractivity contribution in [1.82, 2.24) is 4.98 Å². The predicted molar refractivity (Wildman–Crippen MR) is 115 cm³/mol. The Labute approximate surface area is 169 Å². The van der Waals surface area contributed by atoms with Gasteiger partial charge < -0.3 is 10.6 Å². The quantitative estimate of drug-likeness (QED) is 0.477. The molecule has 2 aromatic carbocycles. The maximum atomic E-state index is 12.6. The van der Waals surface area contributed by atoms with Crippen LogP contribution >= 0.6 is 0 Å². The van der Waals surface area contributed by atoms with Crippen LogP contribution in [0.25, 0.3) is 0 Å². The van der Waals surface area contributed by atoms with Crippen LogP contribution in [0.5, 0.6) is 0 Å². The molecule has 0 unspecified atom stereocenters. The monoisotopic (exact) mass is 387 g/mol. The second-order valence-electron chi connectivity index (χ2n) is 6.04. The molecule has 0 saturated heterocycles. The Kier molecular flexibility index (Phi) is 6.67. The van der Waals surface area contributed by atoms with Crippen LogP contribution in [0.4, 0.5) is 17.1 Å². The van der Waals surface area contributed by atoms with Crippen LogP contribution in [0.2, 0.25) is 0 Å². The van der Waals surface area contributed by atoms with Crippen molar-refractivity contribution in [1.29, 1.82) is 0 Å². The van der Waals surface area contributed by atoms with E-state index >= 15 is 0 Å². The first-order valence-electron chi connectivity index (χ1n) is 9.09. The number of nitrogens with one attached hydrogen (secondary N) is 2. The summed E-state index contributed by atoms with van der Waals surface area (Å²) in [5.74, 6) is -0.464. The zero-order valence-corrected chi connectivity index (χ0v) is 15.9. The van der Waals surface area contributed by atoms with Gasteiger partial charge in [-0.3, -0.25) is 14.6 Å².